The van der Waals surface area contributed by atoms with Crippen molar-refractivity contribution in [2.75, 3.05) is 13.1 Å². The quantitative estimate of drug-likeness (QED) is 0.899. The van der Waals surface area contributed by atoms with Gasteiger partial charge in [-0.3, -0.25) is 4.79 Å². The second kappa shape index (κ2) is 5.71. The van der Waals surface area contributed by atoms with Crippen molar-refractivity contribution in [3.8, 4) is 0 Å². The summed E-state index contributed by atoms with van der Waals surface area (Å²) in [6, 6.07) is 12.2. The zero-order valence-electron chi connectivity index (χ0n) is 11.2. The molecule has 0 unspecified atom stereocenters. The number of amides is 1. The first-order valence-electron chi connectivity index (χ1n) is 6.92. The Morgan fingerprint density at radius 2 is 1.90 bits per heavy atom. The molecule has 0 radical (unpaired) electrons. The van der Waals surface area contributed by atoms with Crippen molar-refractivity contribution >= 4 is 17.5 Å². The van der Waals surface area contributed by atoms with Gasteiger partial charge in [0.05, 0.1) is 5.02 Å². The number of likely N-dealkylation sites (tertiary alicyclic amines) is 1. The third-order valence-electron chi connectivity index (χ3n) is 3.93. The number of piperidine rings is 1. The number of hydrogen-bond donors (Lipinski definition) is 1. The maximum Gasteiger partial charge on any atom is 0.270 e. The molecule has 1 aromatic carbocycles. The van der Waals surface area contributed by atoms with E-state index in [-0.39, 0.29) is 5.91 Å². The zero-order valence-corrected chi connectivity index (χ0v) is 11.9. The van der Waals surface area contributed by atoms with Gasteiger partial charge in [-0.25, -0.2) is 0 Å². The summed E-state index contributed by atoms with van der Waals surface area (Å²) >= 11 is 5.84. The lowest BCUT2D eigenvalue weighted by Crippen LogP contribution is -2.38. The maximum absolute atomic E-state index is 12.3. The van der Waals surface area contributed by atoms with Crippen LogP contribution in [-0.4, -0.2) is 28.9 Å². The van der Waals surface area contributed by atoms with E-state index in [0.717, 1.165) is 25.9 Å². The fraction of sp³-hybridized carbons (Fsp3) is 0.312. The fourth-order valence-electron chi connectivity index (χ4n) is 2.80. The van der Waals surface area contributed by atoms with Gasteiger partial charge in [0.2, 0.25) is 0 Å². The molecule has 0 bridgehead atoms. The molecule has 3 rings (SSSR count). The van der Waals surface area contributed by atoms with Gasteiger partial charge in [-0.15, -0.1) is 0 Å². The molecular formula is C16H17ClN2O. The summed E-state index contributed by atoms with van der Waals surface area (Å²) in [6.07, 6.45) is 3.68. The summed E-state index contributed by atoms with van der Waals surface area (Å²) < 4.78 is 0. The van der Waals surface area contributed by atoms with Crippen LogP contribution in [0.5, 0.6) is 0 Å². The molecule has 1 fully saturated rings. The first kappa shape index (κ1) is 13.3. The molecule has 20 heavy (non-hydrogen) atoms. The van der Waals surface area contributed by atoms with Crippen LogP contribution in [0, 0.1) is 0 Å². The van der Waals surface area contributed by atoms with Crippen LogP contribution in [0.4, 0.5) is 0 Å². The molecule has 1 aromatic heterocycles. The van der Waals surface area contributed by atoms with Gasteiger partial charge in [0.1, 0.15) is 5.69 Å². The van der Waals surface area contributed by atoms with Crippen molar-refractivity contribution < 1.29 is 4.79 Å². The Kier molecular flexibility index (Phi) is 3.79. The summed E-state index contributed by atoms with van der Waals surface area (Å²) in [5, 5.41) is 0.576. The van der Waals surface area contributed by atoms with E-state index in [2.05, 4.69) is 29.2 Å². The van der Waals surface area contributed by atoms with Gasteiger partial charge in [-0.1, -0.05) is 41.9 Å². The van der Waals surface area contributed by atoms with Crippen LogP contribution in [0.15, 0.2) is 42.6 Å². The molecular weight excluding hydrogens is 272 g/mol. The number of hydrogen-bond acceptors (Lipinski definition) is 1. The number of aromatic nitrogens is 1. The molecule has 2 heterocycles. The molecule has 1 aliphatic heterocycles. The molecule has 104 valence electrons. The molecule has 3 nitrogen and oxygen atoms in total. The Balaban J connectivity index is 1.63. The highest BCUT2D eigenvalue weighted by Gasteiger charge is 2.25. The van der Waals surface area contributed by atoms with Crippen LogP contribution < -0.4 is 0 Å². The standard InChI is InChI=1S/C16H17ClN2O/c17-14-10-15(18-11-14)16(20)19-8-6-13(7-9-19)12-4-2-1-3-5-12/h1-5,10-11,13,18H,6-9H2. The van der Waals surface area contributed by atoms with E-state index in [4.69, 9.17) is 11.6 Å². The van der Waals surface area contributed by atoms with Gasteiger partial charge in [0.25, 0.3) is 5.91 Å². The molecule has 1 amide bonds. The first-order valence-corrected chi connectivity index (χ1v) is 7.30. The van der Waals surface area contributed by atoms with E-state index in [1.165, 1.54) is 5.56 Å². The highest BCUT2D eigenvalue weighted by molar-refractivity contribution is 6.30. The van der Waals surface area contributed by atoms with Gasteiger partial charge in [-0.2, -0.15) is 0 Å². The first-order chi connectivity index (χ1) is 9.74. The minimum atomic E-state index is 0.0448. The van der Waals surface area contributed by atoms with Gasteiger partial charge >= 0.3 is 0 Å². The number of benzene rings is 1. The largest absolute Gasteiger partial charge is 0.356 e. The zero-order chi connectivity index (χ0) is 13.9. The Hall–Kier alpha value is -1.74. The van der Waals surface area contributed by atoms with E-state index < -0.39 is 0 Å². The van der Waals surface area contributed by atoms with Crippen molar-refractivity contribution in [2.24, 2.45) is 0 Å². The second-order valence-corrected chi connectivity index (χ2v) is 5.65. The minimum Gasteiger partial charge on any atom is -0.356 e. The molecule has 0 spiro atoms. The van der Waals surface area contributed by atoms with Crippen LogP contribution in [0.3, 0.4) is 0 Å². The average molecular weight is 289 g/mol. The lowest BCUT2D eigenvalue weighted by Gasteiger charge is -2.32. The number of halogens is 1. The van der Waals surface area contributed by atoms with Gasteiger partial charge in [0.15, 0.2) is 0 Å². The number of nitrogens with zero attached hydrogens (tertiary/aromatic N) is 1. The monoisotopic (exact) mass is 288 g/mol. The lowest BCUT2D eigenvalue weighted by atomic mass is 9.89. The number of carbonyl (C=O) groups is 1. The minimum absolute atomic E-state index is 0.0448. The summed E-state index contributed by atoms with van der Waals surface area (Å²) in [5.41, 5.74) is 1.95. The van der Waals surface area contributed by atoms with Gasteiger partial charge in [-0.05, 0) is 30.4 Å². The smallest absolute Gasteiger partial charge is 0.270 e. The molecule has 2 aromatic rings. The van der Waals surface area contributed by atoms with E-state index in [9.17, 15) is 4.79 Å². The summed E-state index contributed by atoms with van der Waals surface area (Å²) in [5.74, 6) is 0.607. The van der Waals surface area contributed by atoms with E-state index in [1.807, 2.05) is 11.0 Å². The molecule has 1 N–H and O–H groups in total. The molecule has 1 aliphatic rings. The average Bonchev–Trinajstić information content (AvgIpc) is 2.94. The molecule has 0 aliphatic carbocycles. The van der Waals surface area contributed by atoms with Crippen LogP contribution in [0.25, 0.3) is 0 Å². The van der Waals surface area contributed by atoms with Gasteiger partial charge < -0.3 is 9.88 Å². The summed E-state index contributed by atoms with van der Waals surface area (Å²) in [6.45, 7) is 1.60. The van der Waals surface area contributed by atoms with E-state index in [0.29, 0.717) is 16.6 Å². The van der Waals surface area contributed by atoms with E-state index in [1.54, 1.807) is 12.3 Å². The normalized spacial score (nSPS) is 16.4. The topological polar surface area (TPSA) is 36.1 Å². The van der Waals surface area contributed by atoms with Gasteiger partial charge in [0, 0.05) is 19.3 Å². The third kappa shape index (κ3) is 2.73. The number of H-pyrrole nitrogens is 1. The van der Waals surface area contributed by atoms with Crippen molar-refractivity contribution in [1.82, 2.24) is 9.88 Å². The lowest BCUT2D eigenvalue weighted by molar-refractivity contribution is 0.0708. The van der Waals surface area contributed by atoms with Crippen molar-refractivity contribution in [3.05, 3.63) is 58.9 Å². The second-order valence-electron chi connectivity index (χ2n) is 5.21. The molecule has 4 heteroatoms. The number of aromatic amines is 1. The Labute approximate surface area is 123 Å². The highest BCUT2D eigenvalue weighted by atomic mass is 35.5. The number of carbonyl (C=O) groups excluding carboxylic acids is 1. The van der Waals surface area contributed by atoms with Crippen LogP contribution in [-0.2, 0) is 0 Å². The maximum atomic E-state index is 12.3. The van der Waals surface area contributed by atoms with Crippen molar-refractivity contribution in [2.45, 2.75) is 18.8 Å². The Morgan fingerprint density at radius 1 is 1.20 bits per heavy atom. The predicted molar refractivity (Wildman–Crippen MR) is 80.1 cm³/mol. The SMILES string of the molecule is O=C(c1cc(Cl)c[nH]1)N1CCC(c2ccccc2)CC1. The Morgan fingerprint density at radius 3 is 2.50 bits per heavy atom. The fourth-order valence-corrected chi connectivity index (χ4v) is 2.97. The predicted octanol–water partition coefficient (Wildman–Crippen LogP) is 3.69. The summed E-state index contributed by atoms with van der Waals surface area (Å²) in [4.78, 5) is 17.1. The molecule has 0 atom stereocenters. The van der Waals surface area contributed by atoms with Crippen molar-refractivity contribution in [1.29, 1.82) is 0 Å². The molecule has 1 saturated heterocycles. The summed E-state index contributed by atoms with van der Waals surface area (Å²) in [7, 11) is 0. The Bertz CT molecular complexity index is 586. The highest BCUT2D eigenvalue weighted by Crippen LogP contribution is 2.28. The third-order valence-corrected chi connectivity index (χ3v) is 4.15. The van der Waals surface area contributed by atoms with Crippen LogP contribution in [0.2, 0.25) is 5.02 Å². The number of nitrogens with one attached hydrogen (secondary N) is 1. The van der Waals surface area contributed by atoms with Crippen LogP contribution >= 0.6 is 11.6 Å². The van der Waals surface area contributed by atoms with E-state index >= 15 is 0 Å². The van der Waals surface area contributed by atoms with Crippen LogP contribution in [0.1, 0.15) is 34.8 Å². The number of rotatable bonds is 2. The molecule has 0 saturated carbocycles. The van der Waals surface area contributed by atoms with Crippen molar-refractivity contribution in [3.63, 3.8) is 0 Å².